The van der Waals surface area contributed by atoms with E-state index in [1.807, 2.05) is 24.3 Å². The number of hydrogen-bond donors (Lipinski definition) is 1. The highest BCUT2D eigenvalue weighted by atomic mass is 16.5. The van der Waals surface area contributed by atoms with Crippen LogP contribution in [0.3, 0.4) is 0 Å². The van der Waals surface area contributed by atoms with E-state index in [0.717, 1.165) is 5.56 Å². The summed E-state index contributed by atoms with van der Waals surface area (Å²) in [7, 11) is 0. The molecule has 2 aromatic heterocycles. The number of nitrogens with one attached hydrogen (secondary N) is 1. The van der Waals surface area contributed by atoms with E-state index in [4.69, 9.17) is 9.15 Å². The lowest BCUT2D eigenvalue weighted by Gasteiger charge is -2.08. The number of amides is 1. The van der Waals surface area contributed by atoms with E-state index in [2.05, 4.69) is 15.3 Å². The number of pyridine rings is 1. The molecule has 4 aromatic rings. The molecule has 29 heavy (non-hydrogen) atoms. The number of benzene rings is 2. The molecule has 0 atom stereocenters. The minimum Gasteiger partial charge on any atom is -0.452 e. The van der Waals surface area contributed by atoms with E-state index in [9.17, 15) is 9.59 Å². The molecule has 0 bridgehead atoms. The molecule has 1 N–H and O–H groups in total. The molecule has 0 saturated heterocycles. The second-order valence-corrected chi connectivity index (χ2v) is 6.25. The number of fused-ring (bicyclic) bond motifs is 1. The summed E-state index contributed by atoms with van der Waals surface area (Å²) in [6, 6.07) is 17.8. The fourth-order valence-corrected chi connectivity index (χ4v) is 2.80. The van der Waals surface area contributed by atoms with Gasteiger partial charge in [-0.2, -0.15) is 0 Å². The lowest BCUT2D eigenvalue weighted by atomic mass is 10.1. The van der Waals surface area contributed by atoms with Gasteiger partial charge in [0, 0.05) is 18.9 Å². The van der Waals surface area contributed by atoms with Crippen LogP contribution in [0.25, 0.3) is 22.6 Å². The average Bonchev–Trinajstić information content (AvgIpc) is 3.21. The molecule has 0 aliphatic heterocycles. The van der Waals surface area contributed by atoms with Gasteiger partial charge in [-0.1, -0.05) is 30.3 Å². The molecule has 0 aliphatic rings. The maximum absolute atomic E-state index is 12.6. The van der Waals surface area contributed by atoms with Crippen molar-refractivity contribution in [1.82, 2.24) is 15.3 Å². The van der Waals surface area contributed by atoms with Crippen LogP contribution in [-0.4, -0.2) is 28.5 Å². The van der Waals surface area contributed by atoms with Crippen molar-refractivity contribution >= 4 is 23.0 Å². The Hall–Kier alpha value is -4.00. The number of rotatable bonds is 6. The third kappa shape index (κ3) is 4.30. The number of para-hydroxylation sites is 2. The summed E-state index contributed by atoms with van der Waals surface area (Å²) in [5.41, 5.74) is 2.96. The first-order chi connectivity index (χ1) is 14.2. The number of carbonyl (C=O) groups is 2. The van der Waals surface area contributed by atoms with Crippen LogP contribution < -0.4 is 5.32 Å². The van der Waals surface area contributed by atoms with Crippen LogP contribution in [0.15, 0.2) is 77.5 Å². The van der Waals surface area contributed by atoms with Crippen molar-refractivity contribution in [3.63, 3.8) is 0 Å². The molecule has 1 amide bonds. The minimum atomic E-state index is -0.626. The molecule has 0 fully saturated rings. The topological polar surface area (TPSA) is 94.3 Å². The van der Waals surface area contributed by atoms with Crippen molar-refractivity contribution in [3.8, 4) is 11.5 Å². The van der Waals surface area contributed by atoms with E-state index in [1.165, 1.54) is 0 Å². The molecule has 2 aromatic carbocycles. The van der Waals surface area contributed by atoms with E-state index in [0.29, 0.717) is 29.1 Å². The number of aromatic nitrogens is 2. The Labute approximate surface area is 166 Å². The summed E-state index contributed by atoms with van der Waals surface area (Å²) in [6.07, 6.45) is 3.31. The first-order valence-electron chi connectivity index (χ1n) is 8.98. The summed E-state index contributed by atoms with van der Waals surface area (Å²) < 4.78 is 10.9. The Balaban J connectivity index is 1.43. The fraction of sp³-hybridized carbons (Fsp3) is 0.0909. The second kappa shape index (κ2) is 8.35. The first-order valence-corrected chi connectivity index (χ1v) is 8.98. The molecule has 0 aliphatic carbocycles. The number of oxazole rings is 1. The standard InChI is InChI=1S/C22H17N3O4/c26-20(24-13-15-6-5-11-23-12-15)14-28-22(27)17-8-2-1-7-16(17)21-25-18-9-3-4-10-19(18)29-21/h1-12H,13-14H2,(H,24,26). The van der Waals surface area contributed by atoms with Crippen LogP contribution in [0.5, 0.6) is 0 Å². The van der Waals surface area contributed by atoms with Crippen molar-refractivity contribution in [1.29, 1.82) is 0 Å². The minimum absolute atomic E-state index is 0.277. The molecule has 7 heteroatoms. The zero-order chi connectivity index (χ0) is 20.1. The van der Waals surface area contributed by atoms with Crippen molar-refractivity contribution in [2.75, 3.05) is 6.61 Å². The Bertz CT molecular complexity index is 1120. The molecule has 2 heterocycles. The molecule has 0 radical (unpaired) electrons. The summed E-state index contributed by atoms with van der Waals surface area (Å²) in [5.74, 6) is -0.708. The Kier molecular flexibility index (Phi) is 5.29. The van der Waals surface area contributed by atoms with Crippen molar-refractivity contribution in [3.05, 3.63) is 84.2 Å². The second-order valence-electron chi connectivity index (χ2n) is 6.25. The van der Waals surface area contributed by atoms with E-state index in [-0.39, 0.29) is 12.2 Å². The molecular formula is C22H17N3O4. The summed E-state index contributed by atoms with van der Waals surface area (Å²) in [4.78, 5) is 32.9. The number of esters is 1. The van der Waals surface area contributed by atoms with E-state index >= 15 is 0 Å². The third-order valence-electron chi connectivity index (χ3n) is 4.22. The smallest absolute Gasteiger partial charge is 0.339 e. The number of ether oxygens (including phenoxy) is 1. The van der Waals surface area contributed by atoms with Gasteiger partial charge in [0.15, 0.2) is 12.2 Å². The van der Waals surface area contributed by atoms with Crippen LogP contribution in [0.2, 0.25) is 0 Å². The van der Waals surface area contributed by atoms with Gasteiger partial charge in [0.2, 0.25) is 5.89 Å². The Morgan fingerprint density at radius 2 is 1.83 bits per heavy atom. The Morgan fingerprint density at radius 1 is 1.00 bits per heavy atom. The van der Waals surface area contributed by atoms with Crippen LogP contribution in [0, 0.1) is 0 Å². The van der Waals surface area contributed by atoms with Gasteiger partial charge in [-0.05, 0) is 35.9 Å². The molecule has 4 rings (SSSR count). The monoisotopic (exact) mass is 387 g/mol. The molecule has 7 nitrogen and oxygen atoms in total. The zero-order valence-electron chi connectivity index (χ0n) is 15.4. The van der Waals surface area contributed by atoms with Gasteiger partial charge in [0.05, 0.1) is 11.1 Å². The molecule has 0 unspecified atom stereocenters. The first kappa shape index (κ1) is 18.4. The van der Waals surface area contributed by atoms with Crippen molar-refractivity contribution < 1.29 is 18.7 Å². The van der Waals surface area contributed by atoms with Gasteiger partial charge < -0.3 is 14.5 Å². The van der Waals surface area contributed by atoms with Gasteiger partial charge in [0.1, 0.15) is 5.52 Å². The van der Waals surface area contributed by atoms with Crippen LogP contribution in [0.4, 0.5) is 0 Å². The van der Waals surface area contributed by atoms with E-state index < -0.39 is 11.9 Å². The number of carbonyl (C=O) groups excluding carboxylic acids is 2. The van der Waals surface area contributed by atoms with Gasteiger partial charge >= 0.3 is 5.97 Å². The van der Waals surface area contributed by atoms with Gasteiger partial charge in [-0.15, -0.1) is 0 Å². The SMILES string of the molecule is O=C(COC(=O)c1ccccc1-c1nc2ccccc2o1)NCc1cccnc1. The number of hydrogen-bond acceptors (Lipinski definition) is 6. The maximum Gasteiger partial charge on any atom is 0.339 e. The highest BCUT2D eigenvalue weighted by molar-refractivity contribution is 5.97. The summed E-state index contributed by atoms with van der Waals surface area (Å²) >= 11 is 0. The lowest BCUT2D eigenvalue weighted by molar-refractivity contribution is -0.124. The predicted octanol–water partition coefficient (Wildman–Crippen LogP) is 3.36. The quantitative estimate of drug-likeness (QED) is 0.510. The third-order valence-corrected chi connectivity index (χ3v) is 4.22. The van der Waals surface area contributed by atoms with Gasteiger partial charge in [-0.25, -0.2) is 9.78 Å². The lowest BCUT2D eigenvalue weighted by Crippen LogP contribution is -2.28. The summed E-state index contributed by atoms with van der Waals surface area (Å²) in [5, 5.41) is 2.68. The molecular weight excluding hydrogens is 370 g/mol. The van der Waals surface area contributed by atoms with Crippen LogP contribution in [0.1, 0.15) is 15.9 Å². The average molecular weight is 387 g/mol. The molecule has 144 valence electrons. The molecule has 0 saturated carbocycles. The highest BCUT2D eigenvalue weighted by Gasteiger charge is 2.18. The zero-order valence-corrected chi connectivity index (χ0v) is 15.4. The van der Waals surface area contributed by atoms with Crippen molar-refractivity contribution in [2.24, 2.45) is 0 Å². The van der Waals surface area contributed by atoms with Crippen LogP contribution in [-0.2, 0) is 16.1 Å². The summed E-state index contributed by atoms with van der Waals surface area (Å²) in [6.45, 7) is -0.0787. The fourth-order valence-electron chi connectivity index (χ4n) is 2.80. The van der Waals surface area contributed by atoms with Gasteiger partial charge in [-0.3, -0.25) is 9.78 Å². The molecule has 0 spiro atoms. The Morgan fingerprint density at radius 3 is 2.66 bits per heavy atom. The predicted molar refractivity (Wildman–Crippen MR) is 106 cm³/mol. The van der Waals surface area contributed by atoms with Gasteiger partial charge in [0.25, 0.3) is 5.91 Å². The number of nitrogens with zero attached hydrogens (tertiary/aromatic N) is 2. The van der Waals surface area contributed by atoms with E-state index in [1.54, 1.807) is 48.8 Å². The maximum atomic E-state index is 12.6. The largest absolute Gasteiger partial charge is 0.452 e. The van der Waals surface area contributed by atoms with Crippen LogP contribution >= 0.6 is 0 Å². The highest BCUT2D eigenvalue weighted by Crippen LogP contribution is 2.27. The normalized spacial score (nSPS) is 10.6. The van der Waals surface area contributed by atoms with Crippen molar-refractivity contribution in [2.45, 2.75) is 6.54 Å².